The third kappa shape index (κ3) is 4.39. The quantitative estimate of drug-likeness (QED) is 0.682. The number of anilines is 3. The summed E-state index contributed by atoms with van der Waals surface area (Å²) in [5.41, 5.74) is 9.50. The summed E-state index contributed by atoms with van der Waals surface area (Å²) in [4.78, 5) is 8.59. The molecule has 0 aliphatic rings. The number of aromatic nitrogens is 2. The third-order valence-electron chi connectivity index (χ3n) is 3.58. The van der Waals surface area contributed by atoms with E-state index < -0.39 is 0 Å². The minimum absolute atomic E-state index is 0. The minimum atomic E-state index is 0. The molecule has 0 atom stereocenters. The van der Waals surface area contributed by atoms with Gasteiger partial charge in [-0.25, -0.2) is 4.98 Å². The molecule has 0 amide bonds. The number of rotatable bonds is 4. The summed E-state index contributed by atoms with van der Waals surface area (Å²) >= 11 is 5.91. The van der Waals surface area contributed by atoms with Gasteiger partial charge >= 0.3 is 0 Å². The number of nitrogen functional groups attached to an aromatic ring is 1. The van der Waals surface area contributed by atoms with Crippen LogP contribution in [0.1, 0.15) is 13.0 Å². The average molecular weight is 357 g/mol. The van der Waals surface area contributed by atoms with Crippen molar-refractivity contribution in [3.63, 3.8) is 0 Å². The molecule has 1 aromatic heterocycles. The monoisotopic (exact) mass is 356 g/mol. The van der Waals surface area contributed by atoms with E-state index in [4.69, 9.17) is 22.1 Å². The zero-order valence-electron chi connectivity index (χ0n) is 13.4. The van der Waals surface area contributed by atoms with Gasteiger partial charge in [0.25, 0.3) is 0 Å². The molecule has 6 heteroatoms. The Kier molecular flexibility index (Phi) is 5.83. The van der Waals surface area contributed by atoms with Gasteiger partial charge in [-0.2, -0.15) is 4.98 Å². The van der Waals surface area contributed by atoms with Gasteiger partial charge < -0.3 is 15.8 Å². The maximum atomic E-state index is 5.91. The van der Waals surface area contributed by atoms with Gasteiger partial charge in [0.2, 0.25) is 5.95 Å². The molecule has 0 fully saturated rings. The molecule has 0 aliphatic heterocycles. The molecule has 0 radical (unpaired) electrons. The maximum absolute atomic E-state index is 5.91. The van der Waals surface area contributed by atoms with Crippen molar-refractivity contribution in [1.82, 2.24) is 9.97 Å². The number of nitrogens with one attached hydrogen (secondary N) is 1. The molecule has 1 heterocycles. The van der Waals surface area contributed by atoms with Crippen LogP contribution >= 0.6 is 11.6 Å². The van der Waals surface area contributed by atoms with Crippen molar-refractivity contribution in [2.24, 2.45) is 0 Å². The van der Waals surface area contributed by atoms with Crippen molar-refractivity contribution in [3.8, 4) is 17.0 Å². The summed E-state index contributed by atoms with van der Waals surface area (Å²) in [5.74, 6) is 1.58. The van der Waals surface area contributed by atoms with Crippen LogP contribution in [0.5, 0.6) is 5.75 Å². The van der Waals surface area contributed by atoms with Crippen LogP contribution in [0.4, 0.5) is 17.5 Å². The van der Waals surface area contributed by atoms with Crippen LogP contribution < -0.4 is 15.8 Å². The summed E-state index contributed by atoms with van der Waals surface area (Å²) < 4.78 is 5.30. The van der Waals surface area contributed by atoms with E-state index in [0.29, 0.717) is 10.8 Å². The van der Waals surface area contributed by atoms with Crippen LogP contribution in [0.25, 0.3) is 11.3 Å². The van der Waals surface area contributed by atoms with E-state index in [1.165, 1.54) is 0 Å². The standard InChI is InChI=1S/C18H17ClN4O.CH4/c1-11-3-8-14(24-2)9-15(11)16-10-17(23-18(20)22-16)21-13-6-4-12(19)5-7-13;/h3-10H,1-2H3,(H3,20,21,22,23);1H4. The highest BCUT2D eigenvalue weighted by Crippen LogP contribution is 2.29. The molecule has 0 spiro atoms. The topological polar surface area (TPSA) is 73.1 Å². The van der Waals surface area contributed by atoms with Gasteiger partial charge in [-0.15, -0.1) is 0 Å². The number of nitrogens with two attached hydrogens (primary N) is 1. The molecule has 0 aliphatic carbocycles. The molecule has 130 valence electrons. The van der Waals surface area contributed by atoms with Crippen molar-refractivity contribution in [2.75, 3.05) is 18.2 Å². The first-order valence-electron chi connectivity index (χ1n) is 7.37. The zero-order valence-corrected chi connectivity index (χ0v) is 14.1. The van der Waals surface area contributed by atoms with Gasteiger partial charge in [-0.05, 0) is 48.9 Å². The molecule has 3 aromatic rings. The number of methoxy groups -OCH3 is 1. The van der Waals surface area contributed by atoms with Gasteiger partial charge in [0.05, 0.1) is 12.8 Å². The van der Waals surface area contributed by atoms with Crippen LogP contribution in [0.15, 0.2) is 48.5 Å². The summed E-state index contributed by atoms with van der Waals surface area (Å²) in [6.45, 7) is 2.01. The number of halogens is 1. The molecular formula is C19H21ClN4O. The first-order chi connectivity index (χ1) is 11.5. The van der Waals surface area contributed by atoms with E-state index in [9.17, 15) is 0 Å². The second-order valence-corrected chi connectivity index (χ2v) is 5.75. The van der Waals surface area contributed by atoms with Crippen molar-refractivity contribution >= 4 is 29.1 Å². The Morgan fingerprint density at radius 2 is 1.76 bits per heavy atom. The average Bonchev–Trinajstić information content (AvgIpc) is 2.57. The van der Waals surface area contributed by atoms with Crippen LogP contribution in [-0.4, -0.2) is 17.1 Å². The molecule has 0 bridgehead atoms. The predicted octanol–water partition coefficient (Wildman–Crippen LogP) is 5.08. The highest BCUT2D eigenvalue weighted by atomic mass is 35.5. The molecule has 3 N–H and O–H groups in total. The Bertz CT molecular complexity index is 866. The van der Waals surface area contributed by atoms with E-state index in [-0.39, 0.29) is 13.4 Å². The Labute approximate surface area is 152 Å². The van der Waals surface area contributed by atoms with E-state index in [1.54, 1.807) is 7.11 Å². The SMILES string of the molecule is C.COc1ccc(C)c(-c2cc(Nc3ccc(Cl)cc3)nc(N)n2)c1. The summed E-state index contributed by atoms with van der Waals surface area (Å²) in [6, 6.07) is 15.0. The normalized spacial score (nSPS) is 10.0. The number of ether oxygens (including phenoxy) is 1. The van der Waals surface area contributed by atoms with Crippen molar-refractivity contribution in [3.05, 3.63) is 59.1 Å². The lowest BCUT2D eigenvalue weighted by atomic mass is 10.0. The molecule has 0 unspecified atom stereocenters. The Morgan fingerprint density at radius 1 is 1.04 bits per heavy atom. The fourth-order valence-electron chi connectivity index (χ4n) is 2.35. The second kappa shape index (κ2) is 7.85. The van der Waals surface area contributed by atoms with Crippen LogP contribution in [0.2, 0.25) is 5.02 Å². The minimum Gasteiger partial charge on any atom is -0.497 e. The first-order valence-corrected chi connectivity index (χ1v) is 7.75. The first kappa shape index (κ1) is 18.5. The van der Waals surface area contributed by atoms with E-state index >= 15 is 0 Å². The summed E-state index contributed by atoms with van der Waals surface area (Å²) in [5, 5.41) is 3.89. The fraction of sp³-hybridized carbons (Fsp3) is 0.158. The number of aryl methyl sites for hydroxylation is 1. The largest absolute Gasteiger partial charge is 0.497 e. The molecule has 0 saturated heterocycles. The summed E-state index contributed by atoms with van der Waals surface area (Å²) in [7, 11) is 1.64. The number of nitrogens with zero attached hydrogens (tertiary/aromatic N) is 2. The van der Waals surface area contributed by atoms with Gasteiger partial charge in [-0.3, -0.25) is 0 Å². The lowest BCUT2D eigenvalue weighted by Crippen LogP contribution is -2.02. The summed E-state index contributed by atoms with van der Waals surface area (Å²) in [6.07, 6.45) is 0. The molecule has 25 heavy (non-hydrogen) atoms. The van der Waals surface area contributed by atoms with Crippen LogP contribution in [-0.2, 0) is 0 Å². The second-order valence-electron chi connectivity index (χ2n) is 5.31. The maximum Gasteiger partial charge on any atom is 0.222 e. The van der Waals surface area contributed by atoms with Crippen molar-refractivity contribution in [2.45, 2.75) is 14.4 Å². The van der Waals surface area contributed by atoms with Gasteiger partial charge in [0.15, 0.2) is 0 Å². The Hall–Kier alpha value is -2.79. The van der Waals surface area contributed by atoms with Gasteiger partial charge in [-0.1, -0.05) is 25.1 Å². The predicted molar refractivity (Wildman–Crippen MR) is 105 cm³/mol. The van der Waals surface area contributed by atoms with Crippen LogP contribution in [0.3, 0.4) is 0 Å². The molecule has 0 saturated carbocycles. The third-order valence-corrected chi connectivity index (χ3v) is 3.83. The Morgan fingerprint density at radius 3 is 2.44 bits per heavy atom. The zero-order chi connectivity index (χ0) is 17.1. The lowest BCUT2D eigenvalue weighted by molar-refractivity contribution is 0.415. The van der Waals surface area contributed by atoms with Crippen molar-refractivity contribution < 1.29 is 4.74 Å². The van der Waals surface area contributed by atoms with Crippen LogP contribution in [0, 0.1) is 6.92 Å². The fourth-order valence-corrected chi connectivity index (χ4v) is 2.48. The molecule has 2 aromatic carbocycles. The lowest BCUT2D eigenvalue weighted by Gasteiger charge is -2.11. The van der Waals surface area contributed by atoms with Crippen molar-refractivity contribution in [1.29, 1.82) is 0 Å². The highest BCUT2D eigenvalue weighted by molar-refractivity contribution is 6.30. The molecular weight excluding hydrogens is 336 g/mol. The molecule has 3 rings (SSSR count). The number of hydrogen-bond acceptors (Lipinski definition) is 5. The van der Waals surface area contributed by atoms with Gasteiger partial charge in [0.1, 0.15) is 11.6 Å². The smallest absolute Gasteiger partial charge is 0.222 e. The Balaban J connectivity index is 0.00000225. The number of benzene rings is 2. The highest BCUT2D eigenvalue weighted by Gasteiger charge is 2.09. The number of hydrogen-bond donors (Lipinski definition) is 2. The van der Waals surface area contributed by atoms with E-state index in [2.05, 4.69) is 15.3 Å². The van der Waals surface area contributed by atoms with E-state index in [0.717, 1.165) is 28.3 Å². The van der Waals surface area contributed by atoms with Gasteiger partial charge in [0, 0.05) is 22.3 Å². The molecule has 5 nitrogen and oxygen atoms in total. The van der Waals surface area contributed by atoms with E-state index in [1.807, 2.05) is 55.5 Å².